The Morgan fingerprint density at radius 3 is 2.28 bits per heavy atom. The SMILES string of the molecule is COc1cc(OC)cc(C(CC(=O)NCC(C)C)c2cn(Cc3ccc(F)cc3)c3ccccc23)c1. The second kappa shape index (κ2) is 11.3. The second-order valence-corrected chi connectivity index (χ2v) is 9.46. The molecule has 36 heavy (non-hydrogen) atoms. The number of carbonyl (C=O) groups is 1. The number of nitrogens with one attached hydrogen (secondary N) is 1. The van der Waals surface area contributed by atoms with Gasteiger partial charge in [0, 0.05) is 48.6 Å². The summed E-state index contributed by atoms with van der Waals surface area (Å²) in [5.74, 6) is 1.23. The number of hydrogen-bond acceptors (Lipinski definition) is 3. The van der Waals surface area contributed by atoms with Gasteiger partial charge in [0.05, 0.1) is 14.2 Å². The molecule has 0 radical (unpaired) electrons. The van der Waals surface area contributed by atoms with Gasteiger partial charge in [-0.25, -0.2) is 4.39 Å². The van der Waals surface area contributed by atoms with E-state index >= 15 is 0 Å². The summed E-state index contributed by atoms with van der Waals surface area (Å²) in [6.07, 6.45) is 2.40. The molecule has 1 N–H and O–H groups in total. The predicted octanol–water partition coefficient (Wildman–Crippen LogP) is 6.14. The third-order valence-corrected chi connectivity index (χ3v) is 6.33. The summed E-state index contributed by atoms with van der Waals surface area (Å²) in [4.78, 5) is 13.1. The Bertz CT molecular complexity index is 1310. The molecule has 3 aromatic carbocycles. The van der Waals surface area contributed by atoms with Gasteiger partial charge in [-0.1, -0.05) is 44.2 Å². The molecule has 0 bridgehead atoms. The topological polar surface area (TPSA) is 52.5 Å². The number of fused-ring (bicyclic) bond motifs is 1. The van der Waals surface area contributed by atoms with Gasteiger partial charge in [-0.3, -0.25) is 4.79 Å². The number of para-hydroxylation sites is 1. The zero-order chi connectivity index (χ0) is 25.7. The number of nitrogens with zero attached hydrogens (tertiary/aromatic N) is 1. The van der Waals surface area contributed by atoms with Crippen molar-refractivity contribution >= 4 is 16.8 Å². The number of halogens is 1. The number of benzene rings is 3. The van der Waals surface area contributed by atoms with Crippen LogP contribution in [-0.4, -0.2) is 31.2 Å². The van der Waals surface area contributed by atoms with Crippen molar-refractivity contribution in [3.8, 4) is 11.5 Å². The van der Waals surface area contributed by atoms with E-state index in [0.29, 0.717) is 30.5 Å². The van der Waals surface area contributed by atoms with Crippen LogP contribution in [0.1, 0.15) is 42.9 Å². The number of rotatable bonds is 10. The van der Waals surface area contributed by atoms with E-state index < -0.39 is 0 Å². The van der Waals surface area contributed by atoms with E-state index in [4.69, 9.17) is 9.47 Å². The van der Waals surface area contributed by atoms with Crippen LogP contribution in [0.3, 0.4) is 0 Å². The fourth-order valence-corrected chi connectivity index (χ4v) is 4.48. The Balaban J connectivity index is 1.81. The van der Waals surface area contributed by atoms with Crippen LogP contribution in [0.4, 0.5) is 4.39 Å². The second-order valence-electron chi connectivity index (χ2n) is 9.46. The number of methoxy groups -OCH3 is 2. The molecule has 0 aliphatic carbocycles. The van der Waals surface area contributed by atoms with Gasteiger partial charge in [-0.2, -0.15) is 0 Å². The van der Waals surface area contributed by atoms with E-state index in [0.717, 1.165) is 27.6 Å². The van der Waals surface area contributed by atoms with Gasteiger partial charge in [0.2, 0.25) is 5.91 Å². The van der Waals surface area contributed by atoms with Crippen LogP contribution in [0.25, 0.3) is 10.9 Å². The Labute approximate surface area is 211 Å². The van der Waals surface area contributed by atoms with E-state index in [-0.39, 0.29) is 24.1 Å². The van der Waals surface area contributed by atoms with Crippen molar-refractivity contribution in [1.82, 2.24) is 9.88 Å². The Morgan fingerprint density at radius 2 is 1.64 bits per heavy atom. The molecule has 4 rings (SSSR count). The summed E-state index contributed by atoms with van der Waals surface area (Å²) in [5, 5.41) is 4.14. The lowest BCUT2D eigenvalue weighted by molar-refractivity contribution is -0.121. The first-order valence-corrected chi connectivity index (χ1v) is 12.2. The smallest absolute Gasteiger partial charge is 0.220 e. The Morgan fingerprint density at radius 1 is 0.972 bits per heavy atom. The molecule has 1 amide bonds. The minimum Gasteiger partial charge on any atom is -0.497 e. The number of amides is 1. The third kappa shape index (κ3) is 5.88. The number of aromatic nitrogens is 1. The van der Waals surface area contributed by atoms with Gasteiger partial charge in [-0.15, -0.1) is 0 Å². The molecular formula is C30H33FN2O3. The lowest BCUT2D eigenvalue weighted by Gasteiger charge is -2.19. The summed E-state index contributed by atoms with van der Waals surface area (Å²) in [6.45, 7) is 5.37. The normalized spacial score (nSPS) is 12.1. The van der Waals surface area contributed by atoms with Crippen molar-refractivity contribution in [2.45, 2.75) is 32.7 Å². The molecule has 0 aliphatic heterocycles. The highest BCUT2D eigenvalue weighted by Gasteiger charge is 2.24. The highest BCUT2D eigenvalue weighted by atomic mass is 19.1. The maximum absolute atomic E-state index is 13.5. The summed E-state index contributed by atoms with van der Waals surface area (Å²) in [6, 6.07) is 20.5. The van der Waals surface area contributed by atoms with Crippen molar-refractivity contribution in [2.75, 3.05) is 20.8 Å². The molecule has 0 saturated heterocycles. The van der Waals surface area contributed by atoms with Crippen LogP contribution in [0.2, 0.25) is 0 Å². The van der Waals surface area contributed by atoms with Crippen LogP contribution < -0.4 is 14.8 Å². The van der Waals surface area contributed by atoms with Crippen molar-refractivity contribution in [3.05, 3.63) is 95.4 Å². The van der Waals surface area contributed by atoms with Crippen LogP contribution in [0.5, 0.6) is 11.5 Å². The standard InChI is InChI=1S/C30H33FN2O3/c1-20(2)17-32-30(34)16-27(22-13-24(35-3)15-25(14-22)36-4)28-19-33(29-8-6-5-7-26(28)29)18-21-9-11-23(31)12-10-21/h5-15,19-20,27H,16-18H2,1-4H3,(H,32,34). The minimum atomic E-state index is -0.253. The first-order chi connectivity index (χ1) is 17.4. The largest absolute Gasteiger partial charge is 0.497 e. The van der Waals surface area contributed by atoms with E-state index in [1.165, 1.54) is 12.1 Å². The van der Waals surface area contributed by atoms with E-state index in [1.54, 1.807) is 26.4 Å². The van der Waals surface area contributed by atoms with Gasteiger partial charge in [-0.05, 0) is 52.9 Å². The molecule has 0 spiro atoms. The molecule has 1 unspecified atom stereocenters. The Hall–Kier alpha value is -3.80. The average Bonchev–Trinajstić information content (AvgIpc) is 3.25. The molecule has 5 nitrogen and oxygen atoms in total. The van der Waals surface area contributed by atoms with Gasteiger partial charge < -0.3 is 19.4 Å². The molecule has 188 valence electrons. The summed E-state index contributed by atoms with van der Waals surface area (Å²) in [5.41, 5.74) is 4.04. The van der Waals surface area contributed by atoms with Crippen LogP contribution >= 0.6 is 0 Å². The van der Waals surface area contributed by atoms with Crippen LogP contribution in [0.15, 0.2) is 72.9 Å². The predicted molar refractivity (Wildman–Crippen MR) is 141 cm³/mol. The number of carbonyl (C=O) groups excluding carboxylic acids is 1. The maximum Gasteiger partial charge on any atom is 0.220 e. The van der Waals surface area contributed by atoms with Crippen LogP contribution in [-0.2, 0) is 11.3 Å². The molecule has 0 saturated carbocycles. The van der Waals surface area contributed by atoms with Gasteiger partial charge in [0.25, 0.3) is 0 Å². The fourth-order valence-electron chi connectivity index (χ4n) is 4.48. The van der Waals surface area contributed by atoms with Crippen LogP contribution in [0, 0.1) is 11.7 Å². The van der Waals surface area contributed by atoms with Crippen molar-refractivity contribution in [3.63, 3.8) is 0 Å². The third-order valence-electron chi connectivity index (χ3n) is 6.33. The minimum absolute atomic E-state index is 0.00847. The zero-order valence-electron chi connectivity index (χ0n) is 21.3. The van der Waals surface area contributed by atoms with Gasteiger partial charge >= 0.3 is 0 Å². The van der Waals surface area contributed by atoms with E-state index in [2.05, 4.69) is 42.1 Å². The number of ether oxygens (including phenoxy) is 2. The van der Waals surface area contributed by atoms with Crippen molar-refractivity contribution in [2.24, 2.45) is 5.92 Å². The molecule has 1 heterocycles. The molecule has 4 aromatic rings. The lowest BCUT2D eigenvalue weighted by Crippen LogP contribution is -2.28. The van der Waals surface area contributed by atoms with Gasteiger partial charge in [0.1, 0.15) is 17.3 Å². The summed E-state index contributed by atoms with van der Waals surface area (Å²) < 4.78 is 26.7. The number of hydrogen-bond donors (Lipinski definition) is 1. The summed E-state index contributed by atoms with van der Waals surface area (Å²) >= 11 is 0. The quantitative estimate of drug-likeness (QED) is 0.292. The summed E-state index contributed by atoms with van der Waals surface area (Å²) in [7, 11) is 3.24. The first kappa shape index (κ1) is 25.3. The molecule has 6 heteroatoms. The van der Waals surface area contributed by atoms with Gasteiger partial charge in [0.15, 0.2) is 0 Å². The molecule has 1 aromatic heterocycles. The van der Waals surface area contributed by atoms with Crippen molar-refractivity contribution < 1.29 is 18.7 Å². The highest BCUT2D eigenvalue weighted by Crippen LogP contribution is 2.38. The molecule has 1 atom stereocenters. The highest BCUT2D eigenvalue weighted by molar-refractivity contribution is 5.87. The fraction of sp³-hybridized carbons (Fsp3) is 0.300. The molecule has 0 fully saturated rings. The Kier molecular flexibility index (Phi) is 7.93. The molecular weight excluding hydrogens is 455 g/mol. The molecule has 0 aliphatic rings. The van der Waals surface area contributed by atoms with E-state index in [9.17, 15) is 9.18 Å². The lowest BCUT2D eigenvalue weighted by atomic mass is 9.87. The average molecular weight is 489 g/mol. The zero-order valence-corrected chi connectivity index (χ0v) is 21.3. The first-order valence-electron chi connectivity index (χ1n) is 12.2. The maximum atomic E-state index is 13.5. The van der Waals surface area contributed by atoms with Crippen molar-refractivity contribution in [1.29, 1.82) is 0 Å². The monoisotopic (exact) mass is 488 g/mol. The van der Waals surface area contributed by atoms with E-state index in [1.807, 2.05) is 30.3 Å².